The first kappa shape index (κ1) is 25.5. The number of rotatable bonds is 17. The second-order valence-corrected chi connectivity index (χ2v) is 7.98. The van der Waals surface area contributed by atoms with Crippen molar-refractivity contribution in [3.8, 4) is 0 Å². The maximum atomic E-state index is 11.7. The third-order valence-corrected chi connectivity index (χ3v) is 6.36. The first-order valence-corrected chi connectivity index (χ1v) is 11.3. The molecular weight excluding hydrogens is 372 g/mol. The highest BCUT2D eigenvalue weighted by Gasteiger charge is 2.39. The molecule has 0 saturated carbocycles. The lowest BCUT2D eigenvalue weighted by Crippen LogP contribution is -2.46. The molecule has 0 fully saturated rings. The molecule has 0 aliphatic heterocycles. The summed E-state index contributed by atoms with van der Waals surface area (Å²) in [6.45, 7) is 12.2. The first-order chi connectivity index (χ1) is 13.0. The molecular formula is C17H34N2O7Si. The van der Waals surface area contributed by atoms with E-state index in [-0.39, 0.29) is 19.2 Å². The van der Waals surface area contributed by atoms with E-state index in [1.807, 2.05) is 20.8 Å². The Morgan fingerprint density at radius 3 is 2.07 bits per heavy atom. The van der Waals surface area contributed by atoms with Gasteiger partial charge >= 0.3 is 20.8 Å². The summed E-state index contributed by atoms with van der Waals surface area (Å²) in [5, 5.41) is 5.46. The summed E-state index contributed by atoms with van der Waals surface area (Å²) in [6.07, 6.45) is 1.79. The number of hydrogen-bond donors (Lipinski definition) is 2. The average Bonchev–Trinajstić information content (AvgIpc) is 2.65. The summed E-state index contributed by atoms with van der Waals surface area (Å²) in [7, 11) is -2.66. The highest BCUT2D eigenvalue weighted by molar-refractivity contribution is 6.60. The molecule has 0 radical (unpaired) electrons. The molecule has 158 valence electrons. The lowest BCUT2D eigenvalue weighted by atomic mass is 10.5. The van der Waals surface area contributed by atoms with E-state index < -0.39 is 14.8 Å². The predicted octanol–water partition coefficient (Wildman–Crippen LogP) is 1.47. The minimum absolute atomic E-state index is 0.155. The van der Waals surface area contributed by atoms with Crippen LogP contribution in [0, 0.1) is 0 Å². The normalized spacial score (nSPS) is 11.1. The van der Waals surface area contributed by atoms with Crippen LogP contribution in [0.25, 0.3) is 0 Å². The van der Waals surface area contributed by atoms with Gasteiger partial charge in [-0.05, 0) is 27.2 Å². The fourth-order valence-corrected chi connectivity index (χ4v) is 4.78. The molecule has 0 aliphatic rings. The Morgan fingerprint density at radius 2 is 1.52 bits per heavy atom. The van der Waals surface area contributed by atoms with Crippen LogP contribution in [0.15, 0.2) is 12.7 Å². The molecule has 2 N–H and O–H groups in total. The molecule has 0 saturated heterocycles. The van der Waals surface area contributed by atoms with Crippen LogP contribution >= 0.6 is 0 Å². The largest absolute Gasteiger partial charge is 0.500 e. The van der Waals surface area contributed by atoms with Crippen molar-refractivity contribution in [3.63, 3.8) is 0 Å². The Kier molecular flexibility index (Phi) is 15.8. The highest BCUT2D eigenvalue weighted by atomic mass is 28.4. The van der Waals surface area contributed by atoms with Gasteiger partial charge in [0.25, 0.3) is 0 Å². The zero-order valence-corrected chi connectivity index (χ0v) is 17.7. The summed E-state index contributed by atoms with van der Waals surface area (Å²) in [5.74, 6) is -0.485. The minimum Gasteiger partial charge on any atom is -0.460 e. The van der Waals surface area contributed by atoms with Crippen molar-refractivity contribution in [1.82, 2.24) is 10.6 Å². The van der Waals surface area contributed by atoms with Crippen LogP contribution in [0.3, 0.4) is 0 Å². The van der Waals surface area contributed by atoms with Crippen LogP contribution in [0.5, 0.6) is 0 Å². The standard InChI is InChI=1S/C17H34N2O7Si/c1-5-16(20)23-14-13-22-12-11-19-17(21)18-10-9-15-27(24-6-2,25-7-3)26-8-4/h5H,1,6-15H2,2-4H3,(H2,18,19,21). The van der Waals surface area contributed by atoms with E-state index in [1.165, 1.54) is 0 Å². The molecule has 0 unspecified atom stereocenters. The van der Waals surface area contributed by atoms with Gasteiger partial charge in [0.1, 0.15) is 6.61 Å². The van der Waals surface area contributed by atoms with E-state index in [1.54, 1.807) is 0 Å². The number of ether oxygens (including phenoxy) is 2. The number of urea groups is 1. The van der Waals surface area contributed by atoms with Crippen LogP contribution in [0.2, 0.25) is 6.04 Å². The van der Waals surface area contributed by atoms with Gasteiger partial charge in [0.05, 0.1) is 13.2 Å². The van der Waals surface area contributed by atoms with Crippen molar-refractivity contribution >= 4 is 20.8 Å². The fraction of sp³-hybridized carbons (Fsp3) is 0.765. The van der Waals surface area contributed by atoms with E-state index in [0.717, 1.165) is 6.08 Å². The Morgan fingerprint density at radius 1 is 0.926 bits per heavy atom. The summed E-state index contributed by atoms with van der Waals surface area (Å²) in [4.78, 5) is 22.5. The van der Waals surface area contributed by atoms with Crippen molar-refractivity contribution in [3.05, 3.63) is 12.7 Å². The van der Waals surface area contributed by atoms with Crippen molar-refractivity contribution < 1.29 is 32.3 Å². The molecule has 0 bridgehead atoms. The monoisotopic (exact) mass is 406 g/mol. The maximum Gasteiger partial charge on any atom is 0.500 e. The molecule has 0 aromatic heterocycles. The number of hydrogen-bond acceptors (Lipinski definition) is 7. The second-order valence-electron chi connectivity index (χ2n) is 5.25. The predicted molar refractivity (Wildman–Crippen MR) is 103 cm³/mol. The van der Waals surface area contributed by atoms with Gasteiger partial charge in [-0.1, -0.05) is 6.58 Å². The van der Waals surface area contributed by atoms with Crippen molar-refractivity contribution in [2.24, 2.45) is 0 Å². The molecule has 27 heavy (non-hydrogen) atoms. The van der Waals surface area contributed by atoms with Crippen LogP contribution in [-0.2, 0) is 27.5 Å². The number of nitrogens with one attached hydrogen (secondary N) is 2. The van der Waals surface area contributed by atoms with Gasteiger partial charge in [-0.25, -0.2) is 9.59 Å². The smallest absolute Gasteiger partial charge is 0.460 e. The Balaban J connectivity index is 3.82. The van der Waals surface area contributed by atoms with Gasteiger partial charge in [-0.3, -0.25) is 0 Å². The number of carbonyl (C=O) groups excluding carboxylic acids is 2. The average molecular weight is 407 g/mol. The first-order valence-electron chi connectivity index (χ1n) is 9.34. The van der Waals surface area contributed by atoms with Crippen LogP contribution in [-0.4, -0.2) is 73.5 Å². The molecule has 9 nitrogen and oxygen atoms in total. The summed E-state index contributed by atoms with van der Waals surface area (Å²) < 4.78 is 27.3. The lowest BCUT2D eigenvalue weighted by Gasteiger charge is -2.28. The van der Waals surface area contributed by atoms with E-state index in [4.69, 9.17) is 22.8 Å². The van der Waals surface area contributed by atoms with E-state index >= 15 is 0 Å². The van der Waals surface area contributed by atoms with E-state index in [2.05, 4.69) is 17.2 Å². The number of esters is 1. The summed E-state index contributed by atoms with van der Waals surface area (Å²) in [6, 6.07) is 0.378. The quantitative estimate of drug-likeness (QED) is 0.163. The molecule has 10 heteroatoms. The zero-order valence-electron chi connectivity index (χ0n) is 16.7. The van der Waals surface area contributed by atoms with E-state index in [0.29, 0.717) is 52.0 Å². The van der Waals surface area contributed by atoms with Crippen molar-refractivity contribution in [1.29, 1.82) is 0 Å². The van der Waals surface area contributed by atoms with Crippen molar-refractivity contribution in [2.45, 2.75) is 33.2 Å². The Labute approximate surface area is 163 Å². The van der Waals surface area contributed by atoms with Gasteiger partial charge in [-0.2, -0.15) is 0 Å². The fourth-order valence-electron chi connectivity index (χ4n) is 2.17. The van der Waals surface area contributed by atoms with Gasteiger partial charge in [0.2, 0.25) is 0 Å². The minimum atomic E-state index is -2.66. The highest BCUT2D eigenvalue weighted by Crippen LogP contribution is 2.17. The number of carbonyl (C=O) groups is 2. The lowest BCUT2D eigenvalue weighted by molar-refractivity contribution is -0.139. The topological polar surface area (TPSA) is 104 Å². The van der Waals surface area contributed by atoms with Gasteiger partial charge < -0.3 is 33.4 Å². The molecule has 0 aliphatic carbocycles. The second kappa shape index (κ2) is 16.7. The zero-order chi connectivity index (χ0) is 20.4. The van der Waals surface area contributed by atoms with Gasteiger partial charge in [0.15, 0.2) is 0 Å². The molecule has 0 spiro atoms. The number of amides is 2. The van der Waals surface area contributed by atoms with Crippen LogP contribution in [0.4, 0.5) is 4.79 Å². The Bertz CT molecular complexity index is 407. The van der Waals surface area contributed by atoms with E-state index in [9.17, 15) is 9.59 Å². The molecule has 0 heterocycles. The molecule has 0 atom stereocenters. The SMILES string of the molecule is C=CC(=O)OCCOCCNC(=O)NCCC[Si](OCC)(OCC)OCC. The third kappa shape index (κ3) is 13.4. The summed E-state index contributed by atoms with van der Waals surface area (Å²) in [5.41, 5.74) is 0. The van der Waals surface area contributed by atoms with Gasteiger partial charge in [-0.15, -0.1) is 0 Å². The summed E-state index contributed by atoms with van der Waals surface area (Å²) >= 11 is 0. The maximum absolute atomic E-state index is 11.7. The van der Waals surface area contributed by atoms with Crippen LogP contribution in [0.1, 0.15) is 27.2 Å². The Hall–Kier alpha value is -1.46. The van der Waals surface area contributed by atoms with Crippen LogP contribution < -0.4 is 10.6 Å². The molecule has 0 rings (SSSR count). The molecule has 2 amide bonds. The third-order valence-electron chi connectivity index (χ3n) is 3.21. The van der Waals surface area contributed by atoms with Gasteiger partial charge in [0, 0.05) is 45.0 Å². The molecule has 0 aromatic rings. The van der Waals surface area contributed by atoms with Crippen molar-refractivity contribution in [2.75, 3.05) is 52.7 Å². The molecule has 0 aromatic carbocycles.